The van der Waals surface area contributed by atoms with E-state index in [4.69, 9.17) is 5.11 Å². The number of rotatable bonds is 3. The minimum Gasteiger partial charge on any atom is -0.478 e. The van der Waals surface area contributed by atoms with E-state index in [0.717, 1.165) is 16.9 Å². The van der Waals surface area contributed by atoms with Crippen LogP contribution in [0.3, 0.4) is 0 Å². The maximum absolute atomic E-state index is 11.0. The topological polar surface area (TPSA) is 71.2 Å². The first-order chi connectivity index (χ1) is 10.1. The van der Waals surface area contributed by atoms with Crippen molar-refractivity contribution in [2.45, 2.75) is 0 Å². The number of carboxylic acid groups (broad SMARTS) is 1. The molecule has 3 rings (SSSR count). The molecular weight excluding hydrogens is 268 g/mol. The zero-order valence-electron chi connectivity index (χ0n) is 11.7. The third kappa shape index (κ3) is 2.20. The largest absolute Gasteiger partial charge is 0.478 e. The van der Waals surface area contributed by atoms with Crippen LogP contribution in [0.1, 0.15) is 10.4 Å². The number of anilines is 1. The van der Waals surface area contributed by atoms with E-state index in [2.05, 4.69) is 10.3 Å². The summed E-state index contributed by atoms with van der Waals surface area (Å²) in [5.74, 6) is -0.972. The second-order valence-electron chi connectivity index (χ2n) is 4.89. The first kappa shape index (κ1) is 13.1. The van der Waals surface area contributed by atoms with E-state index in [1.807, 2.05) is 43.3 Å². The average Bonchev–Trinajstić information content (AvgIpc) is 2.89. The van der Waals surface area contributed by atoms with E-state index in [-0.39, 0.29) is 5.56 Å². The van der Waals surface area contributed by atoms with Crippen LogP contribution >= 0.6 is 0 Å². The minimum absolute atomic E-state index is 0.204. The molecular formula is C15H14N4O2. The molecule has 0 aliphatic carbocycles. The number of hydrogen-bond acceptors (Lipinski definition) is 4. The fraction of sp³-hybridized carbons (Fsp3) is 0.133. The molecule has 0 saturated carbocycles. The van der Waals surface area contributed by atoms with Crippen LogP contribution in [-0.4, -0.2) is 40.2 Å². The molecule has 0 amide bonds. The van der Waals surface area contributed by atoms with Crippen molar-refractivity contribution in [2.24, 2.45) is 0 Å². The maximum Gasteiger partial charge on any atom is 0.335 e. The first-order valence-corrected chi connectivity index (χ1v) is 6.43. The summed E-state index contributed by atoms with van der Waals surface area (Å²) < 4.78 is 1.72. The van der Waals surface area contributed by atoms with Crippen LogP contribution in [0.25, 0.3) is 16.7 Å². The third-order valence-electron chi connectivity index (χ3n) is 3.28. The number of carboxylic acids is 1. The second-order valence-corrected chi connectivity index (χ2v) is 4.89. The van der Waals surface area contributed by atoms with Crippen molar-refractivity contribution >= 4 is 22.7 Å². The van der Waals surface area contributed by atoms with Crippen LogP contribution in [0.4, 0.5) is 5.69 Å². The molecule has 6 heteroatoms. The van der Waals surface area contributed by atoms with E-state index in [0.29, 0.717) is 5.52 Å². The average molecular weight is 282 g/mol. The zero-order chi connectivity index (χ0) is 15.0. The molecule has 0 atom stereocenters. The number of hydrogen-bond donors (Lipinski definition) is 1. The van der Waals surface area contributed by atoms with Crippen LogP contribution in [-0.2, 0) is 0 Å². The van der Waals surface area contributed by atoms with Crippen LogP contribution in [0.15, 0.2) is 42.5 Å². The second kappa shape index (κ2) is 4.90. The van der Waals surface area contributed by atoms with Gasteiger partial charge in [0.2, 0.25) is 0 Å². The van der Waals surface area contributed by atoms with Gasteiger partial charge in [-0.15, -0.1) is 5.10 Å². The van der Waals surface area contributed by atoms with Gasteiger partial charge in [0.25, 0.3) is 0 Å². The van der Waals surface area contributed by atoms with Gasteiger partial charge in [-0.25, -0.2) is 9.48 Å². The Labute approximate surface area is 121 Å². The van der Waals surface area contributed by atoms with Crippen LogP contribution in [0.2, 0.25) is 0 Å². The molecule has 3 aromatic rings. The van der Waals surface area contributed by atoms with E-state index in [9.17, 15) is 4.79 Å². The molecule has 1 aromatic heterocycles. The Hall–Kier alpha value is -2.89. The molecule has 1 N–H and O–H groups in total. The highest BCUT2D eigenvalue weighted by atomic mass is 16.4. The highest BCUT2D eigenvalue weighted by Gasteiger charge is 2.13. The smallest absolute Gasteiger partial charge is 0.335 e. The standard InChI is InChI=1S/C15H14N4O2/c1-18(2)13-5-3-4-6-14(13)19-12-8-7-10(15(20)21)9-11(12)16-17-19/h3-9H,1-2H3,(H,20,21). The number of benzene rings is 2. The zero-order valence-corrected chi connectivity index (χ0v) is 11.7. The van der Waals surface area contributed by atoms with Crippen molar-refractivity contribution in [3.63, 3.8) is 0 Å². The summed E-state index contributed by atoms with van der Waals surface area (Å²) in [5.41, 5.74) is 3.44. The van der Waals surface area contributed by atoms with Crippen LogP contribution in [0, 0.1) is 0 Å². The van der Waals surface area contributed by atoms with Gasteiger partial charge in [0.05, 0.1) is 22.5 Å². The van der Waals surface area contributed by atoms with Gasteiger partial charge in [-0.05, 0) is 30.3 Å². The Bertz CT molecular complexity index is 823. The van der Waals surface area contributed by atoms with E-state index < -0.39 is 5.97 Å². The SMILES string of the molecule is CN(C)c1ccccc1-n1nnc2cc(C(=O)O)ccc21. The Morgan fingerprint density at radius 1 is 1.19 bits per heavy atom. The summed E-state index contributed by atoms with van der Waals surface area (Å²) in [6, 6.07) is 12.7. The highest BCUT2D eigenvalue weighted by molar-refractivity contribution is 5.92. The predicted octanol–water partition coefficient (Wildman–Crippen LogP) is 2.18. The summed E-state index contributed by atoms with van der Waals surface area (Å²) in [5, 5.41) is 17.2. The lowest BCUT2D eigenvalue weighted by atomic mass is 10.2. The van der Waals surface area contributed by atoms with Crippen molar-refractivity contribution in [3.8, 4) is 5.69 Å². The third-order valence-corrected chi connectivity index (χ3v) is 3.28. The normalized spacial score (nSPS) is 10.8. The van der Waals surface area contributed by atoms with Crippen molar-refractivity contribution in [1.82, 2.24) is 15.0 Å². The molecule has 0 aliphatic rings. The number of aromatic nitrogens is 3. The summed E-state index contributed by atoms with van der Waals surface area (Å²) >= 11 is 0. The molecule has 0 radical (unpaired) electrons. The van der Waals surface area contributed by atoms with Gasteiger partial charge in [-0.3, -0.25) is 0 Å². The first-order valence-electron chi connectivity index (χ1n) is 6.43. The molecule has 21 heavy (non-hydrogen) atoms. The number of nitrogens with zero attached hydrogens (tertiary/aromatic N) is 4. The molecule has 0 aliphatic heterocycles. The predicted molar refractivity (Wildman–Crippen MR) is 80.2 cm³/mol. The van der Waals surface area contributed by atoms with Gasteiger partial charge in [0.1, 0.15) is 5.52 Å². The molecule has 0 unspecified atom stereocenters. The lowest BCUT2D eigenvalue weighted by Crippen LogP contribution is -2.12. The van der Waals surface area contributed by atoms with Crippen LogP contribution in [0.5, 0.6) is 0 Å². The minimum atomic E-state index is -0.972. The number of aromatic carboxylic acids is 1. The van der Waals surface area contributed by atoms with Crippen LogP contribution < -0.4 is 4.90 Å². The molecule has 0 spiro atoms. The lowest BCUT2D eigenvalue weighted by molar-refractivity contribution is 0.0697. The van der Waals surface area contributed by atoms with E-state index >= 15 is 0 Å². The summed E-state index contributed by atoms with van der Waals surface area (Å²) in [6.07, 6.45) is 0. The number of fused-ring (bicyclic) bond motifs is 1. The lowest BCUT2D eigenvalue weighted by Gasteiger charge is -2.17. The van der Waals surface area contributed by atoms with Crippen molar-refractivity contribution in [1.29, 1.82) is 0 Å². The Morgan fingerprint density at radius 3 is 2.67 bits per heavy atom. The van der Waals surface area contributed by atoms with Gasteiger partial charge in [-0.1, -0.05) is 17.3 Å². The molecule has 2 aromatic carbocycles. The molecule has 1 heterocycles. The van der Waals surface area contributed by atoms with E-state index in [1.165, 1.54) is 6.07 Å². The maximum atomic E-state index is 11.0. The fourth-order valence-corrected chi connectivity index (χ4v) is 2.26. The van der Waals surface area contributed by atoms with Crippen molar-refractivity contribution < 1.29 is 9.90 Å². The number of carbonyl (C=O) groups is 1. The van der Waals surface area contributed by atoms with Gasteiger partial charge in [-0.2, -0.15) is 0 Å². The highest BCUT2D eigenvalue weighted by Crippen LogP contribution is 2.25. The Kier molecular flexibility index (Phi) is 3.06. The monoisotopic (exact) mass is 282 g/mol. The summed E-state index contributed by atoms with van der Waals surface area (Å²) in [6.45, 7) is 0. The van der Waals surface area contributed by atoms with Crippen molar-refractivity contribution in [3.05, 3.63) is 48.0 Å². The van der Waals surface area contributed by atoms with E-state index in [1.54, 1.807) is 16.8 Å². The molecule has 106 valence electrons. The summed E-state index contributed by atoms with van der Waals surface area (Å²) in [4.78, 5) is 13.0. The quantitative estimate of drug-likeness (QED) is 0.797. The molecule has 6 nitrogen and oxygen atoms in total. The van der Waals surface area contributed by atoms with Gasteiger partial charge in [0.15, 0.2) is 0 Å². The Morgan fingerprint density at radius 2 is 1.95 bits per heavy atom. The van der Waals surface area contributed by atoms with Gasteiger partial charge >= 0.3 is 5.97 Å². The molecule has 0 bridgehead atoms. The fourth-order valence-electron chi connectivity index (χ4n) is 2.26. The number of para-hydroxylation sites is 2. The molecule has 0 fully saturated rings. The van der Waals surface area contributed by atoms with Gasteiger partial charge in [0, 0.05) is 14.1 Å². The van der Waals surface area contributed by atoms with Crippen molar-refractivity contribution in [2.75, 3.05) is 19.0 Å². The summed E-state index contributed by atoms with van der Waals surface area (Å²) in [7, 11) is 3.92. The molecule has 0 saturated heterocycles. The Balaban J connectivity index is 2.20. The van der Waals surface area contributed by atoms with Gasteiger partial charge < -0.3 is 10.0 Å².